The van der Waals surface area contributed by atoms with Crippen LogP contribution in [0.2, 0.25) is 5.15 Å². The molecule has 4 heteroatoms. The van der Waals surface area contributed by atoms with Crippen LogP contribution in [0.3, 0.4) is 0 Å². The summed E-state index contributed by atoms with van der Waals surface area (Å²) in [6.45, 7) is 0. The van der Waals surface area contributed by atoms with Gasteiger partial charge in [-0.3, -0.25) is 0 Å². The molecule has 0 aromatic carbocycles. The lowest BCUT2D eigenvalue weighted by molar-refractivity contribution is 0.399. The molecule has 0 unspecified atom stereocenters. The summed E-state index contributed by atoms with van der Waals surface area (Å²) >= 11 is 5.93. The van der Waals surface area contributed by atoms with Gasteiger partial charge in [0.05, 0.1) is 0 Å². The Balaban J connectivity index is 2.18. The monoisotopic (exact) mass is 197 g/mol. The minimum atomic E-state index is 0.497. The van der Waals surface area contributed by atoms with Crippen molar-refractivity contribution < 1.29 is 0 Å². The van der Waals surface area contributed by atoms with E-state index in [0.29, 0.717) is 11.2 Å². The summed E-state index contributed by atoms with van der Waals surface area (Å²) in [4.78, 5) is 10.3. The van der Waals surface area contributed by atoms with Gasteiger partial charge < -0.3 is 4.90 Å². The highest BCUT2D eigenvalue weighted by molar-refractivity contribution is 6.31. The third-order valence-electron chi connectivity index (χ3n) is 2.59. The van der Waals surface area contributed by atoms with E-state index in [1.165, 1.54) is 19.3 Å². The van der Waals surface area contributed by atoms with Crippen molar-refractivity contribution in [3.8, 4) is 0 Å². The molecule has 0 saturated heterocycles. The van der Waals surface area contributed by atoms with Crippen molar-refractivity contribution in [1.82, 2.24) is 9.97 Å². The van der Waals surface area contributed by atoms with E-state index in [4.69, 9.17) is 11.6 Å². The predicted molar refractivity (Wildman–Crippen MR) is 53.1 cm³/mol. The van der Waals surface area contributed by atoms with E-state index < -0.39 is 0 Å². The van der Waals surface area contributed by atoms with Gasteiger partial charge in [-0.1, -0.05) is 11.6 Å². The fourth-order valence-corrected chi connectivity index (χ4v) is 1.74. The van der Waals surface area contributed by atoms with E-state index in [1.807, 2.05) is 7.05 Å². The number of hydrogen-bond acceptors (Lipinski definition) is 3. The molecule has 0 atom stereocenters. The number of rotatable bonds is 2. The highest BCUT2D eigenvalue weighted by Crippen LogP contribution is 2.29. The average molecular weight is 198 g/mol. The zero-order valence-corrected chi connectivity index (χ0v) is 8.33. The van der Waals surface area contributed by atoms with Gasteiger partial charge in [0.25, 0.3) is 0 Å². The third kappa shape index (κ3) is 1.61. The van der Waals surface area contributed by atoms with Crippen LogP contribution in [0.15, 0.2) is 12.4 Å². The molecule has 1 heterocycles. The zero-order valence-electron chi connectivity index (χ0n) is 7.57. The highest BCUT2D eigenvalue weighted by Gasteiger charge is 2.24. The van der Waals surface area contributed by atoms with E-state index in [0.717, 1.165) is 5.82 Å². The Hall–Kier alpha value is -0.830. The molecular formula is C9H12ClN3. The number of hydrogen-bond donors (Lipinski definition) is 0. The highest BCUT2D eigenvalue weighted by atomic mass is 35.5. The van der Waals surface area contributed by atoms with Gasteiger partial charge in [0, 0.05) is 25.5 Å². The fraction of sp³-hybridized carbons (Fsp3) is 0.556. The molecule has 0 radical (unpaired) electrons. The molecule has 0 spiro atoms. The molecular weight excluding hydrogens is 186 g/mol. The van der Waals surface area contributed by atoms with Crippen LogP contribution < -0.4 is 4.90 Å². The molecule has 70 valence electrons. The van der Waals surface area contributed by atoms with Crippen molar-refractivity contribution in [2.45, 2.75) is 25.3 Å². The Morgan fingerprint density at radius 2 is 2.08 bits per heavy atom. The summed E-state index contributed by atoms with van der Waals surface area (Å²) in [5, 5.41) is 0.497. The smallest absolute Gasteiger partial charge is 0.171 e. The van der Waals surface area contributed by atoms with Crippen LogP contribution in [0.4, 0.5) is 5.82 Å². The summed E-state index contributed by atoms with van der Waals surface area (Å²) in [6, 6.07) is 0.606. The van der Waals surface area contributed by atoms with Crippen molar-refractivity contribution in [2.24, 2.45) is 0 Å². The van der Waals surface area contributed by atoms with Crippen molar-refractivity contribution in [3.05, 3.63) is 17.5 Å². The largest absolute Gasteiger partial charge is 0.354 e. The van der Waals surface area contributed by atoms with Gasteiger partial charge in [0.2, 0.25) is 0 Å². The Morgan fingerprint density at radius 1 is 1.38 bits per heavy atom. The number of anilines is 1. The first-order chi connectivity index (χ1) is 6.29. The van der Waals surface area contributed by atoms with Crippen molar-refractivity contribution in [2.75, 3.05) is 11.9 Å². The van der Waals surface area contributed by atoms with Gasteiger partial charge in [0.15, 0.2) is 11.0 Å². The minimum absolute atomic E-state index is 0.497. The Labute approximate surface area is 82.8 Å². The molecule has 1 aromatic rings. The molecule has 0 N–H and O–H groups in total. The Kier molecular flexibility index (Phi) is 2.36. The molecule has 2 rings (SSSR count). The first-order valence-corrected chi connectivity index (χ1v) is 4.86. The molecule has 1 aliphatic carbocycles. The molecule has 1 fully saturated rings. The van der Waals surface area contributed by atoms with Crippen molar-refractivity contribution in [1.29, 1.82) is 0 Å². The van der Waals surface area contributed by atoms with E-state index in [1.54, 1.807) is 12.4 Å². The van der Waals surface area contributed by atoms with Gasteiger partial charge in [-0.25, -0.2) is 9.97 Å². The van der Waals surface area contributed by atoms with Crippen molar-refractivity contribution in [3.63, 3.8) is 0 Å². The van der Waals surface area contributed by atoms with Crippen LogP contribution in [0.25, 0.3) is 0 Å². The first kappa shape index (κ1) is 8.75. The topological polar surface area (TPSA) is 29.0 Å². The maximum Gasteiger partial charge on any atom is 0.171 e. The molecule has 0 aliphatic heterocycles. The molecule has 0 amide bonds. The molecule has 0 bridgehead atoms. The molecule has 1 aliphatic rings. The van der Waals surface area contributed by atoms with Crippen LogP contribution in [0.5, 0.6) is 0 Å². The third-order valence-corrected chi connectivity index (χ3v) is 2.86. The second-order valence-corrected chi connectivity index (χ2v) is 3.72. The Bertz CT molecular complexity index is 299. The summed E-state index contributed by atoms with van der Waals surface area (Å²) < 4.78 is 0. The lowest BCUT2D eigenvalue weighted by atomic mass is 9.92. The Morgan fingerprint density at radius 3 is 2.62 bits per heavy atom. The van der Waals surface area contributed by atoms with Gasteiger partial charge in [-0.15, -0.1) is 0 Å². The van der Waals surface area contributed by atoms with Crippen LogP contribution in [0.1, 0.15) is 19.3 Å². The lowest BCUT2D eigenvalue weighted by Gasteiger charge is -2.35. The maximum absolute atomic E-state index is 5.93. The predicted octanol–water partition coefficient (Wildman–Crippen LogP) is 2.12. The summed E-state index contributed by atoms with van der Waals surface area (Å²) in [6.07, 6.45) is 7.08. The van der Waals surface area contributed by atoms with Gasteiger partial charge in [0.1, 0.15) is 0 Å². The van der Waals surface area contributed by atoms with Gasteiger partial charge in [-0.2, -0.15) is 0 Å². The standard InChI is InChI=1S/C9H12ClN3/c1-13(7-3-2-4-7)9-8(10)11-5-6-12-9/h5-7H,2-4H2,1H3. The second kappa shape index (κ2) is 3.50. The molecule has 3 nitrogen and oxygen atoms in total. The quantitative estimate of drug-likeness (QED) is 0.728. The van der Waals surface area contributed by atoms with Gasteiger partial charge >= 0.3 is 0 Å². The molecule has 1 aromatic heterocycles. The summed E-state index contributed by atoms with van der Waals surface area (Å²) in [5.41, 5.74) is 0. The van der Waals surface area contributed by atoms with Crippen molar-refractivity contribution >= 4 is 17.4 Å². The zero-order chi connectivity index (χ0) is 9.26. The minimum Gasteiger partial charge on any atom is -0.354 e. The summed E-state index contributed by atoms with van der Waals surface area (Å²) in [5.74, 6) is 0.800. The SMILES string of the molecule is CN(c1nccnc1Cl)C1CCC1. The average Bonchev–Trinajstić information content (AvgIpc) is 2.01. The normalized spacial score (nSPS) is 16.8. The summed E-state index contributed by atoms with van der Waals surface area (Å²) in [7, 11) is 2.03. The number of nitrogens with zero attached hydrogens (tertiary/aromatic N) is 3. The van der Waals surface area contributed by atoms with E-state index in [9.17, 15) is 0 Å². The maximum atomic E-state index is 5.93. The number of aromatic nitrogens is 2. The second-order valence-electron chi connectivity index (χ2n) is 3.37. The van der Waals surface area contributed by atoms with Crippen LogP contribution in [-0.4, -0.2) is 23.1 Å². The van der Waals surface area contributed by atoms with E-state index in [2.05, 4.69) is 14.9 Å². The number of halogens is 1. The van der Waals surface area contributed by atoms with Gasteiger partial charge in [-0.05, 0) is 19.3 Å². The van der Waals surface area contributed by atoms with E-state index in [-0.39, 0.29) is 0 Å². The van der Waals surface area contributed by atoms with Crippen LogP contribution >= 0.6 is 11.6 Å². The molecule has 13 heavy (non-hydrogen) atoms. The molecule has 1 saturated carbocycles. The van der Waals surface area contributed by atoms with E-state index >= 15 is 0 Å². The first-order valence-electron chi connectivity index (χ1n) is 4.48. The lowest BCUT2D eigenvalue weighted by Crippen LogP contribution is -2.37. The van der Waals surface area contributed by atoms with Crippen LogP contribution in [0, 0.1) is 0 Å². The van der Waals surface area contributed by atoms with Crippen LogP contribution in [-0.2, 0) is 0 Å². The fourth-order valence-electron chi connectivity index (χ4n) is 1.50.